The molecule has 0 radical (unpaired) electrons. The molecule has 43 heavy (non-hydrogen) atoms. The number of esters is 1. The zero-order valence-corrected chi connectivity index (χ0v) is 28.1. The highest BCUT2D eigenvalue weighted by Gasteiger charge is 2.70. The average Bonchev–Trinajstić information content (AvgIpc) is 3.46. The van der Waals surface area contributed by atoms with Gasteiger partial charge in [0.25, 0.3) is 0 Å². The van der Waals surface area contributed by atoms with Crippen LogP contribution >= 0.6 is 0 Å². The van der Waals surface area contributed by atoms with Gasteiger partial charge in [0, 0.05) is 44.1 Å². The largest absolute Gasteiger partial charge is 0.462 e. The van der Waals surface area contributed by atoms with Gasteiger partial charge in [-0.1, -0.05) is 48.5 Å². The SMILES string of the molecule is CC(=O)O[C@H]1CC[C@]2(C)[C@H]3CC[C@@H]4C5=C(C(C)C)C(=O)C[C@]5(C(=O)Cc5ccnn5C)CC[C@@]4(C)[C@]3(C)CC[C@H]2C1(C)C. The number of allylic oxidation sites excluding steroid dienone is 2. The average molecular weight is 591 g/mol. The van der Waals surface area contributed by atoms with Crippen LogP contribution in [0.15, 0.2) is 23.4 Å². The molecule has 4 saturated carbocycles. The molecular formula is C37H54N2O4. The van der Waals surface area contributed by atoms with E-state index < -0.39 is 5.41 Å². The van der Waals surface area contributed by atoms with E-state index in [2.05, 4.69) is 53.6 Å². The van der Waals surface area contributed by atoms with E-state index in [0.29, 0.717) is 24.7 Å². The molecule has 6 heteroatoms. The summed E-state index contributed by atoms with van der Waals surface area (Å²) in [7, 11) is 1.90. The second-order valence-electron chi connectivity index (χ2n) is 16.8. The van der Waals surface area contributed by atoms with Crippen LogP contribution < -0.4 is 0 Å². The lowest BCUT2D eigenvalue weighted by Gasteiger charge is -2.72. The van der Waals surface area contributed by atoms with Gasteiger partial charge in [0.1, 0.15) is 11.9 Å². The standard InChI is InChI=1S/C37H54N2O4/c1-22(2)31-26(41)21-37(29(42)20-24-14-19-38-39(24)9)18-17-35(7)25(32(31)37)10-11-28-34(6)15-13-30(43-23(3)40)33(4,5)27(34)12-16-36(28,35)8/h14,19,22,25,27-28,30H,10-13,15-18,20-21H2,1-9H3/t25-,27+,28-,30+,34+,35-,36-,37+/m1/s1. The van der Waals surface area contributed by atoms with Gasteiger partial charge in [-0.25, -0.2) is 0 Å². The van der Waals surface area contributed by atoms with Gasteiger partial charge in [-0.2, -0.15) is 5.10 Å². The summed E-state index contributed by atoms with van der Waals surface area (Å²) < 4.78 is 7.72. The minimum Gasteiger partial charge on any atom is -0.462 e. The van der Waals surface area contributed by atoms with Crippen LogP contribution in [0.25, 0.3) is 0 Å². The maximum absolute atomic E-state index is 14.4. The third-order valence-electron chi connectivity index (χ3n) is 14.5. The minimum absolute atomic E-state index is 0.0247. The predicted octanol–water partition coefficient (Wildman–Crippen LogP) is 7.44. The highest BCUT2D eigenvalue weighted by atomic mass is 16.5. The first-order valence-electron chi connectivity index (χ1n) is 17.0. The molecule has 8 atom stereocenters. The maximum Gasteiger partial charge on any atom is 0.302 e. The van der Waals surface area contributed by atoms with Gasteiger partial charge in [-0.05, 0) is 108 Å². The highest BCUT2D eigenvalue weighted by molar-refractivity contribution is 6.07. The van der Waals surface area contributed by atoms with E-state index in [1.165, 1.54) is 5.57 Å². The molecule has 4 fully saturated rings. The van der Waals surface area contributed by atoms with Crippen LogP contribution in [0.4, 0.5) is 0 Å². The summed E-state index contributed by atoms with van der Waals surface area (Å²) in [6.45, 7) is 18.2. The van der Waals surface area contributed by atoms with Crippen LogP contribution in [0.2, 0.25) is 0 Å². The number of hydrogen-bond donors (Lipinski definition) is 0. The summed E-state index contributed by atoms with van der Waals surface area (Å²) in [6, 6.07) is 1.94. The van der Waals surface area contributed by atoms with Crippen molar-refractivity contribution in [2.45, 2.75) is 126 Å². The molecule has 0 spiro atoms. The number of aromatic nitrogens is 2. The maximum atomic E-state index is 14.4. The fourth-order valence-electron chi connectivity index (χ4n) is 12.3. The molecule has 0 unspecified atom stereocenters. The Labute approximate surface area is 258 Å². The minimum atomic E-state index is -0.667. The summed E-state index contributed by atoms with van der Waals surface area (Å²) in [5, 5.41) is 4.32. The third-order valence-corrected chi connectivity index (χ3v) is 14.5. The van der Waals surface area contributed by atoms with Crippen LogP contribution in [0.5, 0.6) is 0 Å². The number of nitrogens with zero attached hydrogens (tertiary/aromatic N) is 2. The number of carbonyl (C=O) groups excluding carboxylic acids is 3. The van der Waals surface area contributed by atoms with Crippen LogP contribution in [0, 0.1) is 50.7 Å². The van der Waals surface area contributed by atoms with Gasteiger partial charge < -0.3 is 4.74 Å². The summed E-state index contributed by atoms with van der Waals surface area (Å²) in [5.74, 6) is 1.69. The summed E-state index contributed by atoms with van der Waals surface area (Å²) in [4.78, 5) is 40.3. The normalized spacial score (nSPS) is 41.8. The molecule has 1 heterocycles. The van der Waals surface area contributed by atoms with Crippen molar-refractivity contribution >= 4 is 17.5 Å². The summed E-state index contributed by atoms with van der Waals surface area (Å²) in [6.07, 6.45) is 10.7. The van der Waals surface area contributed by atoms with E-state index in [4.69, 9.17) is 4.74 Å². The number of hydrogen-bond acceptors (Lipinski definition) is 5. The number of aryl methyl sites for hydroxylation is 1. The Morgan fingerprint density at radius 1 is 0.977 bits per heavy atom. The van der Waals surface area contributed by atoms with Crippen LogP contribution in [0.1, 0.15) is 119 Å². The fourth-order valence-corrected chi connectivity index (χ4v) is 12.3. The Kier molecular flexibility index (Phi) is 7.07. The molecule has 6 nitrogen and oxygen atoms in total. The first-order valence-corrected chi connectivity index (χ1v) is 17.0. The van der Waals surface area contributed by atoms with Gasteiger partial charge in [0.05, 0.1) is 5.41 Å². The second kappa shape index (κ2) is 9.88. The molecule has 1 aromatic rings. The van der Waals surface area contributed by atoms with E-state index >= 15 is 0 Å². The van der Waals surface area contributed by atoms with Crippen LogP contribution in [0.3, 0.4) is 0 Å². The zero-order valence-electron chi connectivity index (χ0n) is 28.1. The molecule has 0 N–H and O–H groups in total. The van der Waals surface area contributed by atoms with Crippen molar-refractivity contribution in [1.29, 1.82) is 0 Å². The number of ketones is 2. The first kappa shape index (κ1) is 30.8. The van der Waals surface area contributed by atoms with Crippen molar-refractivity contribution in [3.05, 3.63) is 29.1 Å². The molecule has 5 aliphatic rings. The molecule has 1 aromatic heterocycles. The van der Waals surface area contributed by atoms with E-state index in [1.807, 2.05) is 13.1 Å². The molecular weight excluding hydrogens is 536 g/mol. The molecule has 0 bridgehead atoms. The molecule has 5 aliphatic carbocycles. The number of rotatable bonds is 5. The van der Waals surface area contributed by atoms with Crippen molar-refractivity contribution in [1.82, 2.24) is 9.78 Å². The van der Waals surface area contributed by atoms with Crippen molar-refractivity contribution in [2.24, 2.45) is 57.8 Å². The van der Waals surface area contributed by atoms with E-state index in [-0.39, 0.29) is 57.1 Å². The van der Waals surface area contributed by atoms with Gasteiger partial charge >= 0.3 is 5.97 Å². The molecule has 6 rings (SSSR count). The summed E-state index contributed by atoms with van der Waals surface area (Å²) in [5.41, 5.74) is 2.71. The predicted molar refractivity (Wildman–Crippen MR) is 167 cm³/mol. The number of Topliss-reactive ketones (excluding diaryl/α,β-unsaturated/α-hetero) is 2. The lowest BCUT2D eigenvalue weighted by molar-refractivity contribution is -0.232. The van der Waals surface area contributed by atoms with Gasteiger partial charge in [0.15, 0.2) is 5.78 Å². The van der Waals surface area contributed by atoms with Crippen molar-refractivity contribution < 1.29 is 19.1 Å². The molecule has 236 valence electrons. The fraction of sp³-hybridized carbons (Fsp3) is 0.784. The quantitative estimate of drug-likeness (QED) is 0.333. The van der Waals surface area contributed by atoms with Gasteiger partial charge in [0.2, 0.25) is 0 Å². The van der Waals surface area contributed by atoms with Crippen LogP contribution in [-0.2, 0) is 32.6 Å². The lowest BCUT2D eigenvalue weighted by atomic mass is 9.33. The summed E-state index contributed by atoms with van der Waals surface area (Å²) >= 11 is 0. The molecule has 0 aromatic carbocycles. The molecule has 0 saturated heterocycles. The Bertz CT molecular complexity index is 1390. The third kappa shape index (κ3) is 4.09. The van der Waals surface area contributed by atoms with Gasteiger partial charge in [-0.3, -0.25) is 19.1 Å². The first-order chi connectivity index (χ1) is 20.0. The Morgan fingerprint density at radius 2 is 1.70 bits per heavy atom. The monoisotopic (exact) mass is 590 g/mol. The second-order valence-corrected chi connectivity index (χ2v) is 16.8. The van der Waals surface area contributed by atoms with E-state index in [1.54, 1.807) is 17.8 Å². The van der Waals surface area contributed by atoms with Gasteiger partial charge in [-0.15, -0.1) is 0 Å². The van der Waals surface area contributed by atoms with Crippen molar-refractivity contribution in [2.75, 3.05) is 0 Å². The van der Waals surface area contributed by atoms with Crippen molar-refractivity contribution in [3.63, 3.8) is 0 Å². The lowest BCUT2D eigenvalue weighted by Crippen LogP contribution is -2.66. The Balaban J connectivity index is 1.39. The highest BCUT2D eigenvalue weighted by Crippen LogP contribution is 2.76. The van der Waals surface area contributed by atoms with E-state index in [0.717, 1.165) is 62.6 Å². The topological polar surface area (TPSA) is 78.3 Å². The zero-order chi connectivity index (χ0) is 31.3. The number of fused-ring (bicyclic) bond motifs is 7. The Hall–Kier alpha value is -2.24. The Morgan fingerprint density at radius 3 is 2.33 bits per heavy atom. The van der Waals surface area contributed by atoms with Crippen LogP contribution in [-0.4, -0.2) is 33.4 Å². The van der Waals surface area contributed by atoms with Crippen molar-refractivity contribution in [3.8, 4) is 0 Å². The smallest absolute Gasteiger partial charge is 0.302 e. The molecule has 0 amide bonds. The van der Waals surface area contributed by atoms with E-state index in [9.17, 15) is 14.4 Å². The molecule has 0 aliphatic heterocycles. The number of carbonyl (C=O) groups is 3. The number of ether oxygens (including phenoxy) is 1.